The molecule has 0 spiro atoms. The van der Waals surface area contributed by atoms with Crippen LogP contribution in [0.25, 0.3) is 0 Å². The number of rotatable bonds is 13. The highest BCUT2D eigenvalue weighted by Gasteiger charge is 2.60. The molecule has 0 aromatic heterocycles. The number of fused-ring (bicyclic) bond motifs is 1. The average molecular weight is 628 g/mol. The van der Waals surface area contributed by atoms with Crippen LogP contribution in [-0.4, -0.2) is 60.6 Å². The molecule has 0 unspecified atom stereocenters. The van der Waals surface area contributed by atoms with E-state index in [1.165, 1.54) is 40.9 Å². The van der Waals surface area contributed by atoms with Crippen LogP contribution in [0, 0.1) is 22.0 Å². The summed E-state index contributed by atoms with van der Waals surface area (Å²) in [5.41, 5.74) is 1.61. The minimum Gasteiger partial charge on any atom is -0.456 e. The van der Waals surface area contributed by atoms with Crippen molar-refractivity contribution in [3.05, 3.63) is 86.4 Å². The summed E-state index contributed by atoms with van der Waals surface area (Å²) < 4.78 is 17.1. The fourth-order valence-corrected chi connectivity index (χ4v) is 7.75. The van der Waals surface area contributed by atoms with Crippen LogP contribution in [0.2, 0.25) is 19.6 Å². The highest BCUT2D eigenvalue weighted by atomic mass is 32.2. The summed E-state index contributed by atoms with van der Waals surface area (Å²) in [4.78, 5) is 51.8. The van der Waals surface area contributed by atoms with Gasteiger partial charge in [-0.15, -0.1) is 11.8 Å². The highest BCUT2D eigenvalue weighted by Crippen LogP contribution is 2.51. The molecular formula is C30H37N3O8SSi. The number of ether oxygens (including phenoxy) is 2. The van der Waals surface area contributed by atoms with Crippen LogP contribution in [-0.2, 0) is 36.7 Å². The molecule has 1 N–H and O–H groups in total. The molecule has 2 aliphatic heterocycles. The van der Waals surface area contributed by atoms with Gasteiger partial charge in [0.05, 0.1) is 23.0 Å². The highest BCUT2D eigenvalue weighted by molar-refractivity contribution is 8.03. The number of β-lactam (4-membered cyclic amide) rings is 1. The van der Waals surface area contributed by atoms with E-state index in [0.717, 1.165) is 5.56 Å². The first kappa shape index (κ1) is 32.2. The Morgan fingerprint density at radius 2 is 1.67 bits per heavy atom. The number of benzene rings is 2. The predicted molar refractivity (Wildman–Crippen MR) is 164 cm³/mol. The number of non-ortho nitro benzene ring substituents is 1. The van der Waals surface area contributed by atoms with Crippen LogP contribution < -0.4 is 5.32 Å². The molecule has 2 aromatic rings. The minimum absolute atomic E-state index is 0.0617. The molecule has 2 aromatic carbocycles. The molecule has 4 rings (SSSR count). The second-order valence-corrected chi connectivity index (χ2v) is 17.1. The Hall–Kier alpha value is -3.68. The van der Waals surface area contributed by atoms with E-state index in [-0.39, 0.29) is 61.0 Å². The van der Waals surface area contributed by atoms with E-state index < -0.39 is 25.3 Å². The van der Waals surface area contributed by atoms with Gasteiger partial charge in [-0.05, 0) is 49.8 Å². The fraction of sp³-hybridized carbons (Fsp3) is 0.433. The fourth-order valence-electron chi connectivity index (χ4n) is 5.34. The monoisotopic (exact) mass is 627 g/mol. The molecule has 2 aliphatic rings. The van der Waals surface area contributed by atoms with Crippen molar-refractivity contribution in [3.63, 3.8) is 0 Å². The lowest BCUT2D eigenvalue weighted by Gasteiger charge is -2.48. The van der Waals surface area contributed by atoms with Crippen molar-refractivity contribution in [1.82, 2.24) is 10.2 Å². The molecule has 0 saturated carbocycles. The van der Waals surface area contributed by atoms with Crippen LogP contribution >= 0.6 is 11.8 Å². The van der Waals surface area contributed by atoms with Gasteiger partial charge in [0.15, 0.2) is 8.32 Å². The average Bonchev–Trinajstić information content (AvgIpc) is 3.20. The number of carbonyl (C=O) groups is 3. The zero-order valence-electron chi connectivity index (χ0n) is 24.9. The first-order chi connectivity index (χ1) is 20.4. The molecule has 1 saturated heterocycles. The third kappa shape index (κ3) is 7.83. The van der Waals surface area contributed by atoms with E-state index in [9.17, 15) is 24.5 Å². The number of amides is 2. The summed E-state index contributed by atoms with van der Waals surface area (Å²) >= 11 is 1.40. The lowest BCUT2D eigenvalue weighted by Crippen LogP contribution is -2.64. The van der Waals surface area contributed by atoms with E-state index in [1.54, 1.807) is 0 Å². The summed E-state index contributed by atoms with van der Waals surface area (Å²) in [6.45, 7) is 10.4. The van der Waals surface area contributed by atoms with Gasteiger partial charge in [0, 0.05) is 35.3 Å². The van der Waals surface area contributed by atoms with Crippen LogP contribution in [0.1, 0.15) is 25.0 Å². The van der Waals surface area contributed by atoms with Gasteiger partial charge in [-0.3, -0.25) is 14.9 Å². The second kappa shape index (κ2) is 13.7. The number of esters is 1. The first-order valence-electron chi connectivity index (χ1n) is 14.1. The standard InChI is InChI=1S/C30H37N3O8SSi/c1-19-25-24(20(2)41-43(3,4)5)28(34)32(25)26(29(35)39-17-22-11-13-23(14-12-22)33(37)38)27(19)42-16-15-31-30(36)40-18-21-9-7-6-8-10-21/h6-14,19-20,24-25H,15-18H2,1-5H3,(H,31,36)/t19-,20-,24-,25-/m1/s1. The van der Waals surface area contributed by atoms with Gasteiger partial charge in [-0.25, -0.2) is 9.59 Å². The Morgan fingerprint density at radius 3 is 2.30 bits per heavy atom. The lowest BCUT2D eigenvalue weighted by molar-refractivity contribution is -0.384. The number of nitrogens with zero attached hydrogens (tertiary/aromatic N) is 2. The van der Waals surface area contributed by atoms with Gasteiger partial charge < -0.3 is 24.1 Å². The van der Waals surface area contributed by atoms with Crippen molar-refractivity contribution in [3.8, 4) is 0 Å². The summed E-state index contributed by atoms with van der Waals surface area (Å²) in [6.07, 6.45) is -0.845. The quantitative estimate of drug-likeness (QED) is 0.0791. The summed E-state index contributed by atoms with van der Waals surface area (Å²) in [5, 5.41) is 13.7. The zero-order valence-corrected chi connectivity index (χ0v) is 26.7. The molecule has 43 heavy (non-hydrogen) atoms. The Kier molecular flexibility index (Phi) is 10.3. The molecule has 230 valence electrons. The molecule has 0 radical (unpaired) electrons. The number of thioether (sulfide) groups is 1. The van der Waals surface area contributed by atoms with Gasteiger partial charge in [-0.2, -0.15) is 0 Å². The van der Waals surface area contributed by atoms with Gasteiger partial charge in [0.25, 0.3) is 5.69 Å². The zero-order chi connectivity index (χ0) is 31.3. The maximum Gasteiger partial charge on any atom is 0.407 e. The van der Waals surface area contributed by atoms with E-state index in [0.29, 0.717) is 16.2 Å². The number of hydrogen-bond donors (Lipinski definition) is 1. The number of hydrogen-bond acceptors (Lipinski definition) is 9. The SMILES string of the molecule is C[C@@H](O[Si](C)(C)C)[C@H]1C(=O)N2C(C(=O)OCc3ccc([N+](=O)[O-])cc3)=C(SCCNC(=O)OCc3ccccc3)[C@H](C)[C@H]12. The number of nitro benzene ring substituents is 1. The number of alkyl carbamates (subject to hydrolysis) is 1. The van der Waals surface area contributed by atoms with E-state index in [4.69, 9.17) is 13.9 Å². The van der Waals surface area contributed by atoms with E-state index >= 15 is 0 Å². The molecule has 2 amide bonds. The largest absolute Gasteiger partial charge is 0.456 e. The molecule has 1 fully saturated rings. The summed E-state index contributed by atoms with van der Waals surface area (Å²) in [5.74, 6) is -0.908. The van der Waals surface area contributed by atoms with Crippen LogP contribution in [0.5, 0.6) is 0 Å². The summed E-state index contributed by atoms with van der Waals surface area (Å²) in [7, 11) is -1.92. The van der Waals surface area contributed by atoms with Crippen molar-refractivity contribution in [2.45, 2.75) is 58.8 Å². The summed E-state index contributed by atoms with van der Waals surface area (Å²) in [6, 6.07) is 14.9. The van der Waals surface area contributed by atoms with Crippen molar-refractivity contribution in [2.75, 3.05) is 12.3 Å². The van der Waals surface area contributed by atoms with Crippen molar-refractivity contribution in [2.24, 2.45) is 11.8 Å². The van der Waals surface area contributed by atoms with Gasteiger partial charge in [0.1, 0.15) is 18.9 Å². The molecule has 4 atom stereocenters. The van der Waals surface area contributed by atoms with Gasteiger partial charge in [0.2, 0.25) is 5.91 Å². The molecule has 13 heteroatoms. The maximum absolute atomic E-state index is 13.4. The molecule has 0 bridgehead atoms. The van der Waals surface area contributed by atoms with Crippen LogP contribution in [0.15, 0.2) is 65.2 Å². The molecule has 11 nitrogen and oxygen atoms in total. The van der Waals surface area contributed by atoms with Gasteiger partial charge >= 0.3 is 12.1 Å². The smallest absolute Gasteiger partial charge is 0.407 e. The van der Waals surface area contributed by atoms with Crippen molar-refractivity contribution >= 4 is 43.7 Å². The number of nitrogens with one attached hydrogen (secondary N) is 1. The third-order valence-electron chi connectivity index (χ3n) is 7.19. The Morgan fingerprint density at radius 1 is 1.05 bits per heavy atom. The second-order valence-electron chi connectivity index (χ2n) is 11.5. The van der Waals surface area contributed by atoms with Crippen molar-refractivity contribution in [1.29, 1.82) is 0 Å². The molecule has 2 heterocycles. The normalized spacial score (nSPS) is 20.3. The van der Waals surface area contributed by atoms with Crippen LogP contribution in [0.3, 0.4) is 0 Å². The Labute approximate surface area is 256 Å². The first-order valence-corrected chi connectivity index (χ1v) is 18.5. The Bertz CT molecular complexity index is 1380. The molecular weight excluding hydrogens is 590 g/mol. The van der Waals surface area contributed by atoms with E-state index in [1.807, 2.05) is 44.2 Å². The topological polar surface area (TPSA) is 137 Å². The lowest BCUT2D eigenvalue weighted by atomic mass is 9.79. The molecule has 0 aliphatic carbocycles. The van der Waals surface area contributed by atoms with E-state index in [2.05, 4.69) is 25.0 Å². The minimum atomic E-state index is -1.92. The van der Waals surface area contributed by atoms with Crippen LogP contribution in [0.4, 0.5) is 10.5 Å². The third-order valence-corrected chi connectivity index (χ3v) is 9.55. The van der Waals surface area contributed by atoms with Gasteiger partial charge in [-0.1, -0.05) is 37.3 Å². The number of carbonyl (C=O) groups excluding carboxylic acids is 3. The van der Waals surface area contributed by atoms with Crippen molar-refractivity contribution < 1.29 is 33.2 Å². The maximum atomic E-state index is 13.4. The predicted octanol–water partition coefficient (Wildman–Crippen LogP) is 5.23. The Balaban J connectivity index is 1.43. The number of nitro groups is 1.